The number of aliphatic hydroxyl groups excluding tert-OH is 1. The third-order valence-electron chi connectivity index (χ3n) is 4.15. The van der Waals surface area contributed by atoms with E-state index in [1.54, 1.807) is 4.90 Å². The van der Waals surface area contributed by atoms with Crippen molar-refractivity contribution in [2.75, 3.05) is 19.7 Å². The molecule has 1 saturated heterocycles. The quantitative estimate of drug-likeness (QED) is 0.797. The van der Waals surface area contributed by atoms with Gasteiger partial charge in [0.25, 0.3) is 0 Å². The minimum Gasteiger partial charge on any atom is -0.444 e. The van der Waals surface area contributed by atoms with Crippen LogP contribution in [0, 0.1) is 5.41 Å². The van der Waals surface area contributed by atoms with Gasteiger partial charge in [-0.25, -0.2) is 4.79 Å². The van der Waals surface area contributed by atoms with Crippen LogP contribution in [0.3, 0.4) is 0 Å². The number of aliphatic hydroxyl groups is 1. The first kappa shape index (κ1) is 14.6. The summed E-state index contributed by atoms with van der Waals surface area (Å²) in [5, 5.41) is 9.00. The summed E-state index contributed by atoms with van der Waals surface area (Å²) in [6.45, 7) is 7.28. The van der Waals surface area contributed by atoms with Crippen LogP contribution in [0.4, 0.5) is 4.79 Å². The fourth-order valence-corrected chi connectivity index (χ4v) is 3.55. The van der Waals surface area contributed by atoms with Crippen molar-refractivity contribution in [3.63, 3.8) is 0 Å². The van der Waals surface area contributed by atoms with Crippen molar-refractivity contribution in [1.29, 1.82) is 0 Å². The molecule has 0 aromatic heterocycles. The number of nitrogens with two attached hydrogens (primary N) is 1. The first-order valence-corrected chi connectivity index (χ1v) is 7.05. The van der Waals surface area contributed by atoms with E-state index in [1.165, 1.54) is 0 Å². The molecule has 1 aliphatic carbocycles. The maximum absolute atomic E-state index is 12.0. The maximum Gasteiger partial charge on any atom is 0.410 e. The Morgan fingerprint density at radius 3 is 2.58 bits per heavy atom. The van der Waals surface area contributed by atoms with Gasteiger partial charge in [0.2, 0.25) is 0 Å². The van der Waals surface area contributed by atoms with E-state index in [-0.39, 0.29) is 23.7 Å². The third-order valence-corrected chi connectivity index (χ3v) is 4.15. The first-order chi connectivity index (χ1) is 8.67. The van der Waals surface area contributed by atoms with Gasteiger partial charge in [-0.3, -0.25) is 0 Å². The molecule has 2 rings (SSSR count). The Balaban J connectivity index is 1.86. The first-order valence-electron chi connectivity index (χ1n) is 7.05. The summed E-state index contributed by atoms with van der Waals surface area (Å²) in [6.07, 6.45) is 3.23. The number of ether oxygens (including phenoxy) is 1. The Labute approximate surface area is 115 Å². The van der Waals surface area contributed by atoms with Crippen LogP contribution in [-0.4, -0.2) is 46.9 Å². The van der Waals surface area contributed by atoms with Gasteiger partial charge in [0, 0.05) is 25.2 Å². The second-order valence-corrected chi connectivity index (χ2v) is 7.34. The summed E-state index contributed by atoms with van der Waals surface area (Å²) in [6, 6.07) is 0. The van der Waals surface area contributed by atoms with E-state index in [2.05, 4.69) is 0 Å². The molecule has 110 valence electrons. The van der Waals surface area contributed by atoms with Gasteiger partial charge in [0.1, 0.15) is 5.60 Å². The molecule has 0 unspecified atom stereocenters. The van der Waals surface area contributed by atoms with Gasteiger partial charge in [-0.2, -0.15) is 0 Å². The van der Waals surface area contributed by atoms with Crippen LogP contribution < -0.4 is 5.73 Å². The van der Waals surface area contributed by atoms with Gasteiger partial charge in [0.05, 0.1) is 0 Å². The molecule has 1 aliphatic heterocycles. The van der Waals surface area contributed by atoms with Gasteiger partial charge in [0.15, 0.2) is 0 Å². The lowest BCUT2D eigenvalue weighted by Crippen LogP contribution is -2.59. The van der Waals surface area contributed by atoms with E-state index < -0.39 is 5.60 Å². The molecule has 1 spiro atoms. The van der Waals surface area contributed by atoms with Crippen molar-refractivity contribution in [1.82, 2.24) is 4.90 Å². The number of carbonyl (C=O) groups is 1. The Morgan fingerprint density at radius 1 is 1.42 bits per heavy atom. The molecule has 2 fully saturated rings. The van der Waals surface area contributed by atoms with Gasteiger partial charge in [-0.1, -0.05) is 0 Å². The number of nitrogens with zero attached hydrogens (tertiary/aromatic N) is 1. The minimum absolute atomic E-state index is 0.141. The number of hydrogen-bond donors (Lipinski definition) is 2. The molecule has 5 heteroatoms. The standard InChI is InChI=1S/C14H26N2O3/c1-12(2,3)19-11(18)16-6-4-13(10-16)8-14(15,9-13)5-7-17/h17H,4-10,15H2,1-3H3. The highest BCUT2D eigenvalue weighted by molar-refractivity contribution is 5.68. The Hall–Kier alpha value is -0.810. The zero-order valence-electron chi connectivity index (χ0n) is 12.2. The summed E-state index contributed by atoms with van der Waals surface area (Å²) in [5.74, 6) is 0. The van der Waals surface area contributed by atoms with Gasteiger partial charge < -0.3 is 20.5 Å². The topological polar surface area (TPSA) is 75.8 Å². The lowest BCUT2D eigenvalue weighted by molar-refractivity contribution is 0.00451. The number of likely N-dealkylation sites (tertiary alicyclic amines) is 1. The second kappa shape index (κ2) is 4.63. The van der Waals surface area contributed by atoms with Gasteiger partial charge in [-0.05, 0) is 51.9 Å². The fourth-order valence-electron chi connectivity index (χ4n) is 3.55. The average Bonchev–Trinajstić information content (AvgIpc) is 2.59. The normalized spacial score (nSPS) is 34.5. The van der Waals surface area contributed by atoms with Crippen molar-refractivity contribution < 1.29 is 14.6 Å². The Bertz CT molecular complexity index is 356. The number of hydrogen-bond acceptors (Lipinski definition) is 4. The molecular weight excluding hydrogens is 244 g/mol. The Kier molecular flexibility index (Phi) is 3.56. The van der Waals surface area contributed by atoms with Crippen LogP contribution in [0.25, 0.3) is 0 Å². The summed E-state index contributed by atoms with van der Waals surface area (Å²) >= 11 is 0. The van der Waals surface area contributed by atoms with E-state index in [9.17, 15) is 4.79 Å². The molecule has 0 bridgehead atoms. The van der Waals surface area contributed by atoms with Crippen LogP contribution in [-0.2, 0) is 4.74 Å². The molecule has 0 radical (unpaired) electrons. The summed E-state index contributed by atoms with van der Waals surface area (Å²) in [7, 11) is 0. The van der Waals surface area contributed by atoms with E-state index in [1.807, 2.05) is 20.8 Å². The van der Waals surface area contributed by atoms with Crippen molar-refractivity contribution in [3.05, 3.63) is 0 Å². The molecule has 3 N–H and O–H groups in total. The molecule has 1 amide bonds. The van der Waals surface area contributed by atoms with E-state index in [0.717, 1.165) is 32.4 Å². The molecule has 0 atom stereocenters. The molecular formula is C14H26N2O3. The summed E-state index contributed by atoms with van der Waals surface area (Å²) in [4.78, 5) is 13.8. The van der Waals surface area contributed by atoms with Gasteiger partial charge in [-0.15, -0.1) is 0 Å². The highest BCUT2D eigenvalue weighted by atomic mass is 16.6. The molecule has 2 aliphatic rings. The van der Waals surface area contributed by atoms with Crippen LogP contribution in [0.2, 0.25) is 0 Å². The van der Waals surface area contributed by atoms with Crippen LogP contribution in [0.5, 0.6) is 0 Å². The van der Waals surface area contributed by atoms with Gasteiger partial charge >= 0.3 is 6.09 Å². The van der Waals surface area contributed by atoms with Crippen LogP contribution >= 0.6 is 0 Å². The third kappa shape index (κ3) is 3.20. The highest BCUT2D eigenvalue weighted by Gasteiger charge is 2.55. The lowest BCUT2D eigenvalue weighted by atomic mass is 9.56. The zero-order chi connectivity index (χ0) is 14.3. The predicted molar refractivity (Wildman–Crippen MR) is 72.7 cm³/mol. The van der Waals surface area contributed by atoms with E-state index in [0.29, 0.717) is 6.42 Å². The molecule has 19 heavy (non-hydrogen) atoms. The van der Waals surface area contributed by atoms with Crippen LogP contribution in [0.15, 0.2) is 0 Å². The lowest BCUT2D eigenvalue weighted by Gasteiger charge is -2.52. The predicted octanol–water partition coefficient (Wildman–Crippen LogP) is 1.49. The van der Waals surface area contributed by atoms with E-state index in [4.69, 9.17) is 15.6 Å². The van der Waals surface area contributed by atoms with Crippen molar-refractivity contribution >= 4 is 6.09 Å². The molecule has 0 aromatic carbocycles. The molecule has 1 heterocycles. The number of amides is 1. The van der Waals surface area contributed by atoms with Crippen molar-refractivity contribution in [3.8, 4) is 0 Å². The largest absolute Gasteiger partial charge is 0.444 e. The molecule has 0 aromatic rings. The van der Waals surface area contributed by atoms with Crippen molar-refractivity contribution in [2.45, 2.75) is 57.6 Å². The molecule has 1 saturated carbocycles. The summed E-state index contributed by atoms with van der Waals surface area (Å²) < 4.78 is 5.40. The number of carbonyl (C=O) groups excluding carboxylic acids is 1. The minimum atomic E-state index is -0.443. The highest BCUT2D eigenvalue weighted by Crippen LogP contribution is 2.54. The molecule has 5 nitrogen and oxygen atoms in total. The van der Waals surface area contributed by atoms with E-state index >= 15 is 0 Å². The fraction of sp³-hybridized carbons (Fsp3) is 0.929. The van der Waals surface area contributed by atoms with Crippen LogP contribution in [0.1, 0.15) is 46.5 Å². The summed E-state index contributed by atoms with van der Waals surface area (Å²) in [5.41, 5.74) is 5.70. The SMILES string of the molecule is CC(C)(C)OC(=O)N1CCC2(C1)CC(N)(CCO)C2. The number of rotatable bonds is 2. The van der Waals surface area contributed by atoms with Crippen molar-refractivity contribution in [2.24, 2.45) is 11.1 Å². The second-order valence-electron chi connectivity index (χ2n) is 7.34. The Morgan fingerprint density at radius 2 is 2.05 bits per heavy atom. The monoisotopic (exact) mass is 270 g/mol. The average molecular weight is 270 g/mol. The smallest absolute Gasteiger partial charge is 0.410 e. The zero-order valence-corrected chi connectivity index (χ0v) is 12.2. The maximum atomic E-state index is 12.0.